The second-order valence-corrected chi connectivity index (χ2v) is 5.27. The molecule has 0 bridgehead atoms. The second-order valence-electron chi connectivity index (χ2n) is 4.47. The minimum absolute atomic E-state index is 0.428. The summed E-state index contributed by atoms with van der Waals surface area (Å²) in [5.41, 5.74) is 9.91. The molecule has 0 unspecified atom stereocenters. The lowest BCUT2D eigenvalue weighted by molar-refractivity contribution is 0.304. The predicted octanol–water partition coefficient (Wildman–Crippen LogP) is 3.50. The molecule has 2 rings (SSSR count). The average molecular weight is 321 g/mol. The fraction of sp³-hybridized carbons (Fsp3) is 0.267. The molecule has 2 aromatic rings. The van der Waals surface area contributed by atoms with E-state index in [-0.39, 0.29) is 0 Å². The van der Waals surface area contributed by atoms with E-state index in [1.165, 1.54) is 11.1 Å². The summed E-state index contributed by atoms with van der Waals surface area (Å²) in [6.45, 7) is 5.03. The fourth-order valence-corrected chi connectivity index (χ4v) is 2.17. The molecule has 0 aliphatic carbocycles. The number of nitrogens with two attached hydrogens (primary N) is 1. The van der Waals surface area contributed by atoms with E-state index in [1.54, 1.807) is 6.20 Å². The molecule has 100 valence electrons. The van der Waals surface area contributed by atoms with Crippen LogP contribution in [0.4, 0.5) is 0 Å². The van der Waals surface area contributed by atoms with E-state index >= 15 is 0 Å². The van der Waals surface area contributed by atoms with Crippen LogP contribution in [-0.2, 0) is 13.2 Å². The highest BCUT2D eigenvalue weighted by atomic mass is 79.9. The molecule has 0 spiro atoms. The summed E-state index contributed by atoms with van der Waals surface area (Å²) in [4.78, 5) is 4.25. The predicted molar refractivity (Wildman–Crippen MR) is 80.1 cm³/mol. The van der Waals surface area contributed by atoms with Gasteiger partial charge in [-0.05, 0) is 43.2 Å². The lowest BCUT2D eigenvalue weighted by Gasteiger charge is -2.11. The monoisotopic (exact) mass is 320 g/mol. The Balaban J connectivity index is 2.15. The molecule has 4 heteroatoms. The number of pyridine rings is 1. The number of benzene rings is 1. The Hall–Kier alpha value is -1.39. The smallest absolute Gasteiger partial charge is 0.120 e. The first kappa shape index (κ1) is 14.0. The highest BCUT2D eigenvalue weighted by molar-refractivity contribution is 9.10. The van der Waals surface area contributed by atoms with E-state index < -0.39 is 0 Å². The molecular weight excluding hydrogens is 304 g/mol. The van der Waals surface area contributed by atoms with Gasteiger partial charge in [0, 0.05) is 22.8 Å². The highest BCUT2D eigenvalue weighted by Crippen LogP contribution is 2.26. The summed E-state index contributed by atoms with van der Waals surface area (Å²) in [6.07, 6.45) is 1.75. The SMILES string of the molecule is Cc1cc(OCc2cccnc2CN)cc(C)c1Br. The van der Waals surface area contributed by atoms with Gasteiger partial charge in [0.05, 0.1) is 5.69 Å². The molecular formula is C15H17BrN2O. The van der Waals surface area contributed by atoms with E-state index in [0.717, 1.165) is 21.5 Å². The van der Waals surface area contributed by atoms with Crippen molar-refractivity contribution < 1.29 is 4.74 Å². The van der Waals surface area contributed by atoms with Crippen molar-refractivity contribution in [2.24, 2.45) is 5.73 Å². The zero-order chi connectivity index (χ0) is 13.8. The van der Waals surface area contributed by atoms with Crippen LogP contribution in [-0.4, -0.2) is 4.98 Å². The summed E-state index contributed by atoms with van der Waals surface area (Å²) in [6, 6.07) is 7.94. The van der Waals surface area contributed by atoms with Gasteiger partial charge in [-0.15, -0.1) is 0 Å². The Kier molecular flexibility index (Phi) is 4.56. The lowest BCUT2D eigenvalue weighted by Crippen LogP contribution is -2.06. The van der Waals surface area contributed by atoms with Crippen LogP contribution < -0.4 is 10.5 Å². The molecule has 0 amide bonds. The molecule has 19 heavy (non-hydrogen) atoms. The average Bonchev–Trinajstić information content (AvgIpc) is 2.42. The van der Waals surface area contributed by atoms with E-state index in [4.69, 9.17) is 10.5 Å². The van der Waals surface area contributed by atoms with Gasteiger partial charge < -0.3 is 10.5 Å². The first-order valence-corrected chi connectivity index (χ1v) is 6.93. The molecule has 0 saturated carbocycles. The maximum absolute atomic E-state index is 5.83. The van der Waals surface area contributed by atoms with Crippen LogP contribution in [0.25, 0.3) is 0 Å². The maximum Gasteiger partial charge on any atom is 0.120 e. The first-order valence-electron chi connectivity index (χ1n) is 6.14. The third kappa shape index (κ3) is 3.33. The molecule has 1 aromatic carbocycles. The number of ether oxygens (including phenoxy) is 1. The second kappa shape index (κ2) is 6.17. The molecule has 1 aromatic heterocycles. The third-order valence-electron chi connectivity index (χ3n) is 2.98. The number of aromatic nitrogens is 1. The molecule has 0 aliphatic heterocycles. The van der Waals surface area contributed by atoms with Crippen molar-refractivity contribution in [1.82, 2.24) is 4.98 Å². The van der Waals surface area contributed by atoms with Crippen molar-refractivity contribution in [3.63, 3.8) is 0 Å². The molecule has 1 heterocycles. The highest BCUT2D eigenvalue weighted by Gasteiger charge is 2.05. The van der Waals surface area contributed by atoms with Crippen molar-refractivity contribution >= 4 is 15.9 Å². The van der Waals surface area contributed by atoms with Gasteiger partial charge in [0.1, 0.15) is 12.4 Å². The Morgan fingerprint density at radius 2 is 1.95 bits per heavy atom. The number of aryl methyl sites for hydroxylation is 2. The third-order valence-corrected chi connectivity index (χ3v) is 4.23. The van der Waals surface area contributed by atoms with Crippen molar-refractivity contribution in [1.29, 1.82) is 0 Å². The van der Waals surface area contributed by atoms with Gasteiger partial charge in [-0.2, -0.15) is 0 Å². The fourth-order valence-electron chi connectivity index (χ4n) is 1.94. The van der Waals surface area contributed by atoms with Gasteiger partial charge in [0.2, 0.25) is 0 Å². The topological polar surface area (TPSA) is 48.1 Å². The Morgan fingerprint density at radius 1 is 1.26 bits per heavy atom. The molecule has 3 nitrogen and oxygen atoms in total. The number of hydrogen-bond acceptors (Lipinski definition) is 3. The lowest BCUT2D eigenvalue weighted by atomic mass is 10.1. The van der Waals surface area contributed by atoms with Crippen molar-refractivity contribution in [2.75, 3.05) is 0 Å². The normalized spacial score (nSPS) is 10.5. The van der Waals surface area contributed by atoms with Gasteiger partial charge in [-0.3, -0.25) is 4.98 Å². The minimum Gasteiger partial charge on any atom is -0.489 e. The van der Waals surface area contributed by atoms with Gasteiger partial charge >= 0.3 is 0 Å². The minimum atomic E-state index is 0.428. The van der Waals surface area contributed by atoms with E-state index in [9.17, 15) is 0 Å². The summed E-state index contributed by atoms with van der Waals surface area (Å²) in [7, 11) is 0. The van der Waals surface area contributed by atoms with Crippen LogP contribution in [0.5, 0.6) is 5.75 Å². The number of halogens is 1. The number of rotatable bonds is 4. The van der Waals surface area contributed by atoms with Crippen molar-refractivity contribution in [2.45, 2.75) is 27.0 Å². The zero-order valence-electron chi connectivity index (χ0n) is 11.1. The van der Waals surface area contributed by atoms with Crippen LogP contribution in [0.3, 0.4) is 0 Å². The first-order chi connectivity index (χ1) is 9.11. The standard InChI is InChI=1S/C15H17BrN2O/c1-10-6-13(7-11(2)15(10)16)19-9-12-4-3-5-18-14(12)8-17/h3-7H,8-9,17H2,1-2H3. The molecule has 0 fully saturated rings. The quantitative estimate of drug-likeness (QED) is 0.937. The molecule has 0 atom stereocenters. The summed E-state index contributed by atoms with van der Waals surface area (Å²) >= 11 is 3.55. The van der Waals surface area contributed by atoms with E-state index in [2.05, 4.69) is 34.8 Å². The summed E-state index contributed by atoms with van der Waals surface area (Å²) in [5, 5.41) is 0. The molecule has 0 aliphatic rings. The molecule has 0 saturated heterocycles. The van der Waals surface area contributed by atoms with Crippen molar-refractivity contribution in [3.05, 3.63) is 57.3 Å². The number of nitrogens with zero attached hydrogens (tertiary/aromatic N) is 1. The van der Waals surface area contributed by atoms with Crippen LogP contribution in [0.1, 0.15) is 22.4 Å². The van der Waals surface area contributed by atoms with Gasteiger partial charge in [-0.1, -0.05) is 22.0 Å². The van der Waals surface area contributed by atoms with Gasteiger partial charge in [0.15, 0.2) is 0 Å². The van der Waals surface area contributed by atoms with E-state index in [1.807, 2.05) is 24.3 Å². The van der Waals surface area contributed by atoms with Crippen LogP contribution in [0.15, 0.2) is 34.9 Å². The summed E-state index contributed by atoms with van der Waals surface area (Å²) in [5.74, 6) is 0.866. The Bertz CT molecular complexity index is 561. The maximum atomic E-state index is 5.83. The van der Waals surface area contributed by atoms with E-state index in [0.29, 0.717) is 13.2 Å². The molecule has 0 radical (unpaired) electrons. The van der Waals surface area contributed by atoms with Crippen LogP contribution >= 0.6 is 15.9 Å². The van der Waals surface area contributed by atoms with Crippen molar-refractivity contribution in [3.8, 4) is 5.75 Å². The Morgan fingerprint density at radius 3 is 2.58 bits per heavy atom. The zero-order valence-corrected chi connectivity index (χ0v) is 12.7. The summed E-state index contributed by atoms with van der Waals surface area (Å²) < 4.78 is 6.96. The van der Waals surface area contributed by atoms with Gasteiger partial charge in [-0.25, -0.2) is 0 Å². The number of hydrogen-bond donors (Lipinski definition) is 1. The Labute approximate surface area is 121 Å². The van der Waals surface area contributed by atoms with Crippen LogP contribution in [0, 0.1) is 13.8 Å². The molecule has 2 N–H and O–H groups in total. The van der Waals surface area contributed by atoms with Crippen LogP contribution in [0.2, 0.25) is 0 Å². The largest absolute Gasteiger partial charge is 0.489 e. The van der Waals surface area contributed by atoms with Gasteiger partial charge in [0.25, 0.3) is 0 Å².